The fourth-order valence-corrected chi connectivity index (χ4v) is 1.79. The van der Waals surface area contributed by atoms with Gasteiger partial charge in [-0.3, -0.25) is 9.59 Å². The van der Waals surface area contributed by atoms with E-state index in [-0.39, 0.29) is 12.0 Å². The Morgan fingerprint density at radius 1 is 1.29 bits per heavy atom. The van der Waals surface area contributed by atoms with Gasteiger partial charge in [0.25, 0.3) is 5.56 Å². The van der Waals surface area contributed by atoms with Crippen LogP contribution in [0.25, 0.3) is 10.9 Å². The molecule has 1 heterocycles. The number of fused-ring (bicyclic) bond motifs is 1. The van der Waals surface area contributed by atoms with Gasteiger partial charge in [0.1, 0.15) is 5.75 Å². The maximum atomic E-state index is 12.2. The fourth-order valence-electron chi connectivity index (χ4n) is 1.79. The molecule has 0 saturated carbocycles. The van der Waals surface area contributed by atoms with Gasteiger partial charge in [0, 0.05) is 16.5 Å². The molecule has 0 bridgehead atoms. The molecule has 1 aromatic heterocycles. The molecule has 0 amide bonds. The number of carbonyl (C=O) groups is 1. The SMILES string of the molecule is COC(=O)Cc1cc2cc(OC(F)(F)F)ccc2[nH]c1=O. The van der Waals surface area contributed by atoms with Gasteiger partial charge in [-0.1, -0.05) is 0 Å². The van der Waals surface area contributed by atoms with Crippen molar-refractivity contribution in [3.8, 4) is 5.75 Å². The third-order valence-electron chi connectivity index (χ3n) is 2.69. The van der Waals surface area contributed by atoms with Crippen LogP contribution in [0.5, 0.6) is 5.75 Å². The Bertz CT molecular complexity index is 736. The van der Waals surface area contributed by atoms with Crippen molar-refractivity contribution in [2.75, 3.05) is 7.11 Å². The van der Waals surface area contributed by atoms with Crippen LogP contribution in [0, 0.1) is 0 Å². The van der Waals surface area contributed by atoms with E-state index in [1.807, 2.05) is 0 Å². The van der Waals surface area contributed by atoms with Crippen LogP contribution in [-0.4, -0.2) is 24.4 Å². The Balaban J connectivity index is 2.43. The first kappa shape index (κ1) is 14.9. The number of methoxy groups -OCH3 is 1. The summed E-state index contributed by atoms with van der Waals surface area (Å²) in [5.74, 6) is -1.03. The molecule has 1 aromatic carbocycles. The molecule has 0 aliphatic carbocycles. The molecule has 0 saturated heterocycles. The molecule has 2 aromatic rings. The summed E-state index contributed by atoms with van der Waals surface area (Å²) in [5, 5.41) is 0.315. The number of benzene rings is 1. The molecule has 5 nitrogen and oxygen atoms in total. The van der Waals surface area contributed by atoms with Crippen LogP contribution in [0.4, 0.5) is 13.2 Å². The smallest absolute Gasteiger partial charge is 0.469 e. The predicted molar refractivity (Wildman–Crippen MR) is 67.0 cm³/mol. The normalized spacial score (nSPS) is 11.4. The topological polar surface area (TPSA) is 68.4 Å². The van der Waals surface area contributed by atoms with Crippen LogP contribution in [0.2, 0.25) is 0 Å². The van der Waals surface area contributed by atoms with Crippen LogP contribution in [0.1, 0.15) is 5.56 Å². The molecule has 1 N–H and O–H groups in total. The zero-order valence-electron chi connectivity index (χ0n) is 10.8. The summed E-state index contributed by atoms with van der Waals surface area (Å²) >= 11 is 0. The minimum absolute atomic E-state index is 0.0958. The Morgan fingerprint density at radius 3 is 2.62 bits per heavy atom. The second-order valence-corrected chi connectivity index (χ2v) is 4.17. The molecule has 0 atom stereocenters. The van der Waals surface area contributed by atoms with Crippen molar-refractivity contribution in [2.24, 2.45) is 0 Å². The number of aromatic amines is 1. The largest absolute Gasteiger partial charge is 0.573 e. The molecule has 0 fully saturated rings. The van der Waals surface area contributed by atoms with E-state index in [0.29, 0.717) is 10.9 Å². The molecule has 0 radical (unpaired) electrons. The van der Waals surface area contributed by atoms with Gasteiger partial charge >= 0.3 is 12.3 Å². The third kappa shape index (κ3) is 3.74. The molecule has 0 unspecified atom stereocenters. The molecular weight excluding hydrogens is 291 g/mol. The summed E-state index contributed by atoms with van der Waals surface area (Å²) in [4.78, 5) is 25.4. The highest BCUT2D eigenvalue weighted by molar-refractivity contribution is 5.82. The van der Waals surface area contributed by atoms with Gasteiger partial charge in [0.05, 0.1) is 13.5 Å². The summed E-state index contributed by atoms with van der Waals surface area (Å²) in [5.41, 5.74) is -0.0703. The van der Waals surface area contributed by atoms with Gasteiger partial charge in [-0.25, -0.2) is 0 Å². The van der Waals surface area contributed by atoms with E-state index in [4.69, 9.17) is 0 Å². The lowest BCUT2D eigenvalue weighted by Crippen LogP contribution is -2.18. The second kappa shape index (κ2) is 5.47. The van der Waals surface area contributed by atoms with Gasteiger partial charge in [0.15, 0.2) is 0 Å². The number of hydrogen-bond acceptors (Lipinski definition) is 4. The highest BCUT2D eigenvalue weighted by Gasteiger charge is 2.31. The van der Waals surface area contributed by atoms with Gasteiger partial charge in [-0.15, -0.1) is 13.2 Å². The molecular formula is C13H10F3NO4. The Hall–Kier alpha value is -2.51. The number of nitrogens with one attached hydrogen (secondary N) is 1. The lowest BCUT2D eigenvalue weighted by molar-refractivity contribution is -0.274. The number of rotatable bonds is 3. The van der Waals surface area contributed by atoms with Crippen molar-refractivity contribution < 1.29 is 27.4 Å². The molecule has 112 valence electrons. The van der Waals surface area contributed by atoms with E-state index < -0.39 is 23.6 Å². The summed E-state index contributed by atoms with van der Waals surface area (Å²) in [6, 6.07) is 4.83. The number of ether oxygens (including phenoxy) is 2. The van der Waals surface area contributed by atoms with E-state index in [2.05, 4.69) is 14.5 Å². The standard InChI is InChI=1S/C13H10F3NO4/c1-20-11(18)6-8-4-7-5-9(21-13(14,15)16)2-3-10(7)17-12(8)19/h2-5H,6H2,1H3,(H,17,19). The molecule has 0 aliphatic rings. The van der Waals surface area contributed by atoms with Crippen molar-refractivity contribution in [3.63, 3.8) is 0 Å². The number of esters is 1. The van der Waals surface area contributed by atoms with E-state index in [1.165, 1.54) is 19.2 Å². The maximum Gasteiger partial charge on any atom is 0.573 e. The fraction of sp³-hybridized carbons (Fsp3) is 0.231. The first-order valence-electron chi connectivity index (χ1n) is 5.77. The number of hydrogen-bond donors (Lipinski definition) is 1. The lowest BCUT2D eigenvalue weighted by atomic mass is 10.1. The van der Waals surface area contributed by atoms with Crippen molar-refractivity contribution in [1.29, 1.82) is 0 Å². The lowest BCUT2D eigenvalue weighted by Gasteiger charge is -2.09. The number of carbonyl (C=O) groups excluding carboxylic acids is 1. The van der Waals surface area contributed by atoms with Gasteiger partial charge in [-0.2, -0.15) is 0 Å². The number of H-pyrrole nitrogens is 1. The molecule has 2 rings (SSSR count). The summed E-state index contributed by atoms with van der Waals surface area (Å²) < 4.78 is 44.7. The van der Waals surface area contributed by atoms with Crippen molar-refractivity contribution >= 4 is 16.9 Å². The van der Waals surface area contributed by atoms with Gasteiger partial charge < -0.3 is 14.5 Å². The van der Waals surface area contributed by atoms with Crippen LogP contribution < -0.4 is 10.3 Å². The van der Waals surface area contributed by atoms with Gasteiger partial charge in [0.2, 0.25) is 0 Å². The Morgan fingerprint density at radius 2 is 2.00 bits per heavy atom. The molecule has 0 spiro atoms. The maximum absolute atomic E-state index is 12.2. The minimum atomic E-state index is -4.80. The zero-order chi connectivity index (χ0) is 15.6. The average molecular weight is 301 g/mol. The number of halogens is 3. The van der Waals surface area contributed by atoms with Crippen LogP contribution in [0.3, 0.4) is 0 Å². The van der Waals surface area contributed by atoms with E-state index in [0.717, 1.165) is 12.1 Å². The highest BCUT2D eigenvalue weighted by Crippen LogP contribution is 2.25. The zero-order valence-corrected chi connectivity index (χ0v) is 10.8. The predicted octanol–water partition coefficient (Wildman–Crippen LogP) is 2.14. The Kier molecular flexibility index (Phi) is 3.88. The third-order valence-corrected chi connectivity index (χ3v) is 2.69. The molecule has 8 heteroatoms. The van der Waals surface area contributed by atoms with Crippen LogP contribution in [0.15, 0.2) is 29.1 Å². The van der Waals surface area contributed by atoms with Gasteiger partial charge in [-0.05, 0) is 24.3 Å². The number of alkyl halides is 3. The minimum Gasteiger partial charge on any atom is -0.469 e. The average Bonchev–Trinajstić information content (AvgIpc) is 2.38. The van der Waals surface area contributed by atoms with Crippen molar-refractivity contribution in [2.45, 2.75) is 12.8 Å². The van der Waals surface area contributed by atoms with Crippen molar-refractivity contribution in [3.05, 3.63) is 40.2 Å². The Labute approximate surface area is 116 Å². The first-order chi connectivity index (χ1) is 9.78. The molecule has 21 heavy (non-hydrogen) atoms. The van der Waals surface area contributed by atoms with Crippen LogP contribution in [-0.2, 0) is 16.0 Å². The highest BCUT2D eigenvalue weighted by atomic mass is 19.4. The number of aromatic nitrogens is 1. The molecule has 0 aliphatic heterocycles. The quantitative estimate of drug-likeness (QED) is 0.882. The van der Waals surface area contributed by atoms with E-state index >= 15 is 0 Å². The van der Waals surface area contributed by atoms with E-state index in [1.54, 1.807) is 0 Å². The monoisotopic (exact) mass is 301 g/mol. The summed E-state index contributed by atoms with van der Waals surface area (Å²) in [6.45, 7) is 0. The first-order valence-corrected chi connectivity index (χ1v) is 5.77. The van der Waals surface area contributed by atoms with Crippen LogP contribution >= 0.6 is 0 Å². The summed E-state index contributed by atoms with van der Waals surface area (Å²) in [6.07, 6.45) is -5.07. The number of pyridine rings is 1. The van der Waals surface area contributed by atoms with E-state index in [9.17, 15) is 22.8 Å². The van der Waals surface area contributed by atoms with Crippen molar-refractivity contribution in [1.82, 2.24) is 4.98 Å². The second-order valence-electron chi connectivity index (χ2n) is 4.17. The summed E-state index contributed by atoms with van der Waals surface area (Å²) in [7, 11) is 1.17.